The fourth-order valence-corrected chi connectivity index (χ4v) is 1.94. The number of nitrogens with one attached hydrogen (secondary N) is 1. The average molecular weight is 254 g/mol. The predicted octanol–water partition coefficient (Wildman–Crippen LogP) is 2.95. The molecule has 1 aromatic carbocycles. The van der Waals surface area contributed by atoms with Crippen LogP contribution in [0.3, 0.4) is 0 Å². The highest BCUT2D eigenvalue weighted by molar-refractivity contribution is 5.85. The molecule has 1 atom stereocenters. The predicted molar refractivity (Wildman–Crippen MR) is 75.4 cm³/mol. The summed E-state index contributed by atoms with van der Waals surface area (Å²) in [4.78, 5) is 4.36. The Bertz CT molecular complexity index is 461. The van der Waals surface area contributed by atoms with Gasteiger partial charge in [0, 0.05) is 12.5 Å². The van der Waals surface area contributed by atoms with E-state index < -0.39 is 0 Å². The summed E-state index contributed by atoms with van der Waals surface area (Å²) < 4.78 is 0. The van der Waals surface area contributed by atoms with Gasteiger partial charge in [-0.1, -0.05) is 43.7 Å². The molecule has 0 heterocycles. The van der Waals surface area contributed by atoms with E-state index in [1.165, 1.54) is 5.56 Å². The molecule has 0 aliphatic carbocycles. The van der Waals surface area contributed by atoms with E-state index in [-0.39, 0.29) is 6.42 Å². The van der Waals surface area contributed by atoms with Gasteiger partial charge in [0.05, 0.1) is 12.5 Å². The number of aliphatic imine (C=N–C) groups is 1. The molecule has 0 aromatic heterocycles. The second kappa shape index (κ2) is 8.72. The Labute approximate surface area is 114 Å². The lowest BCUT2D eigenvalue weighted by atomic mass is 9.95. The fourth-order valence-electron chi connectivity index (χ4n) is 1.94. The van der Waals surface area contributed by atoms with Crippen molar-refractivity contribution in [2.75, 3.05) is 6.54 Å². The average Bonchev–Trinajstić information content (AvgIpc) is 2.44. The first kappa shape index (κ1) is 14.7. The number of benzene rings is 1. The summed E-state index contributed by atoms with van der Waals surface area (Å²) in [5.74, 6) is 0.780. The van der Waals surface area contributed by atoms with Crippen molar-refractivity contribution < 1.29 is 0 Å². The largest absolute Gasteiger partial charge is 0.280 e. The molecular formula is C15H18N4. The lowest BCUT2D eigenvalue weighted by Gasteiger charge is -2.14. The van der Waals surface area contributed by atoms with Crippen LogP contribution in [0.15, 0.2) is 35.3 Å². The Morgan fingerprint density at radius 1 is 1.32 bits per heavy atom. The van der Waals surface area contributed by atoms with E-state index in [4.69, 9.17) is 10.5 Å². The molecule has 0 amide bonds. The standard InChI is InChI=1S/C15H18N4/c1-2-6-14(13-7-4-3-5-8-13)11-18-15(9-10-16)19-12-17/h3-5,7-8,14H,2,6,9,11H2,1H3,(H,18,19). The maximum atomic E-state index is 8.67. The first-order chi connectivity index (χ1) is 9.31. The molecule has 0 aliphatic rings. The summed E-state index contributed by atoms with van der Waals surface area (Å²) in [6.07, 6.45) is 4.08. The van der Waals surface area contributed by atoms with Crippen LogP contribution >= 0.6 is 0 Å². The Hall–Kier alpha value is -2.33. The normalized spacial score (nSPS) is 12.3. The molecule has 1 aromatic rings. The van der Waals surface area contributed by atoms with Crippen LogP contribution in [-0.4, -0.2) is 12.4 Å². The smallest absolute Gasteiger partial charge is 0.182 e. The number of nitrogens with zero attached hydrogens (tertiary/aromatic N) is 3. The molecule has 98 valence electrons. The Kier molecular flexibility index (Phi) is 6.76. The van der Waals surface area contributed by atoms with Crippen molar-refractivity contribution in [1.29, 1.82) is 10.5 Å². The van der Waals surface area contributed by atoms with Crippen molar-refractivity contribution in [3.05, 3.63) is 35.9 Å². The molecule has 0 radical (unpaired) electrons. The third-order valence-electron chi connectivity index (χ3n) is 2.86. The van der Waals surface area contributed by atoms with Crippen molar-refractivity contribution >= 4 is 5.84 Å². The van der Waals surface area contributed by atoms with E-state index in [0.29, 0.717) is 18.3 Å². The van der Waals surface area contributed by atoms with E-state index in [0.717, 1.165) is 12.8 Å². The van der Waals surface area contributed by atoms with Gasteiger partial charge in [0.15, 0.2) is 6.19 Å². The van der Waals surface area contributed by atoms with Gasteiger partial charge >= 0.3 is 0 Å². The Balaban J connectivity index is 2.76. The minimum atomic E-state index is 0.140. The Morgan fingerprint density at radius 2 is 2.05 bits per heavy atom. The summed E-state index contributed by atoms with van der Waals surface area (Å²) in [6.45, 7) is 2.74. The zero-order valence-corrected chi connectivity index (χ0v) is 11.1. The van der Waals surface area contributed by atoms with Gasteiger partial charge in [0.2, 0.25) is 0 Å². The van der Waals surface area contributed by atoms with E-state index in [1.54, 1.807) is 0 Å². The molecule has 0 fully saturated rings. The summed E-state index contributed by atoms with van der Waals surface area (Å²) in [7, 11) is 0. The molecule has 1 rings (SSSR count). The fraction of sp³-hybridized carbons (Fsp3) is 0.400. The topological polar surface area (TPSA) is 72.0 Å². The van der Waals surface area contributed by atoms with E-state index in [2.05, 4.69) is 29.4 Å². The molecular weight excluding hydrogens is 236 g/mol. The van der Waals surface area contributed by atoms with Crippen molar-refractivity contribution in [2.24, 2.45) is 4.99 Å². The van der Waals surface area contributed by atoms with E-state index in [1.807, 2.05) is 30.5 Å². The van der Waals surface area contributed by atoms with Gasteiger partial charge in [0.1, 0.15) is 5.84 Å². The van der Waals surface area contributed by atoms with Crippen LogP contribution < -0.4 is 5.32 Å². The van der Waals surface area contributed by atoms with Gasteiger partial charge in [-0.15, -0.1) is 0 Å². The molecule has 1 unspecified atom stereocenters. The lowest BCUT2D eigenvalue weighted by molar-refractivity contribution is 0.622. The van der Waals surface area contributed by atoms with Gasteiger partial charge < -0.3 is 0 Å². The molecule has 0 saturated heterocycles. The summed E-state index contributed by atoms with van der Waals surface area (Å²) in [5.41, 5.74) is 1.25. The third kappa shape index (κ3) is 5.23. The molecule has 0 aliphatic heterocycles. The summed E-state index contributed by atoms with van der Waals surface area (Å²) in [6, 6.07) is 12.2. The van der Waals surface area contributed by atoms with Gasteiger partial charge in [-0.2, -0.15) is 10.5 Å². The van der Waals surface area contributed by atoms with Crippen LogP contribution in [0.2, 0.25) is 0 Å². The molecule has 1 N–H and O–H groups in total. The first-order valence-electron chi connectivity index (χ1n) is 6.42. The van der Waals surface area contributed by atoms with Gasteiger partial charge in [-0.25, -0.2) is 0 Å². The molecule has 0 spiro atoms. The number of nitriles is 2. The highest BCUT2D eigenvalue weighted by atomic mass is 15.0. The van der Waals surface area contributed by atoms with E-state index in [9.17, 15) is 0 Å². The monoisotopic (exact) mass is 254 g/mol. The van der Waals surface area contributed by atoms with Gasteiger partial charge in [0.25, 0.3) is 0 Å². The molecule has 19 heavy (non-hydrogen) atoms. The van der Waals surface area contributed by atoms with Crippen LogP contribution in [0, 0.1) is 22.8 Å². The number of rotatable bonds is 6. The zero-order valence-electron chi connectivity index (χ0n) is 11.1. The van der Waals surface area contributed by atoms with Crippen molar-refractivity contribution in [3.63, 3.8) is 0 Å². The Morgan fingerprint density at radius 3 is 2.63 bits per heavy atom. The molecule has 0 saturated carbocycles. The summed E-state index contributed by atoms with van der Waals surface area (Å²) >= 11 is 0. The number of hydrogen-bond acceptors (Lipinski definition) is 3. The van der Waals surface area contributed by atoms with Crippen LogP contribution in [-0.2, 0) is 0 Å². The molecule has 0 bridgehead atoms. The quantitative estimate of drug-likeness (QED) is 0.367. The second-order valence-corrected chi connectivity index (χ2v) is 4.26. The maximum absolute atomic E-state index is 8.67. The zero-order chi connectivity index (χ0) is 13.9. The number of amidine groups is 1. The van der Waals surface area contributed by atoms with Crippen molar-refractivity contribution in [3.8, 4) is 12.3 Å². The first-order valence-corrected chi connectivity index (χ1v) is 6.42. The van der Waals surface area contributed by atoms with Crippen molar-refractivity contribution in [1.82, 2.24) is 5.32 Å². The van der Waals surface area contributed by atoms with Gasteiger partial charge in [-0.3, -0.25) is 10.3 Å². The van der Waals surface area contributed by atoms with Crippen LogP contribution in [0.1, 0.15) is 37.7 Å². The minimum Gasteiger partial charge on any atom is -0.280 e. The third-order valence-corrected chi connectivity index (χ3v) is 2.86. The highest BCUT2D eigenvalue weighted by Crippen LogP contribution is 2.21. The minimum absolute atomic E-state index is 0.140. The highest BCUT2D eigenvalue weighted by Gasteiger charge is 2.10. The molecule has 4 nitrogen and oxygen atoms in total. The second-order valence-electron chi connectivity index (χ2n) is 4.26. The maximum Gasteiger partial charge on any atom is 0.182 e. The molecule has 4 heteroatoms. The van der Waals surface area contributed by atoms with Crippen LogP contribution in [0.25, 0.3) is 0 Å². The SMILES string of the molecule is CCCC(CN=C(CC#N)NC#N)c1ccccc1. The van der Waals surface area contributed by atoms with E-state index >= 15 is 0 Å². The van der Waals surface area contributed by atoms with Gasteiger partial charge in [-0.05, 0) is 12.0 Å². The summed E-state index contributed by atoms with van der Waals surface area (Å²) in [5, 5.41) is 19.7. The lowest BCUT2D eigenvalue weighted by Crippen LogP contribution is -2.18. The van der Waals surface area contributed by atoms with Crippen LogP contribution in [0.5, 0.6) is 0 Å². The number of hydrogen-bond donors (Lipinski definition) is 1. The van der Waals surface area contributed by atoms with Crippen molar-refractivity contribution in [2.45, 2.75) is 32.1 Å². The van der Waals surface area contributed by atoms with Crippen LogP contribution in [0.4, 0.5) is 0 Å².